The molecule has 0 aromatic heterocycles. The van der Waals surface area contributed by atoms with Gasteiger partial charge in [-0.2, -0.15) is 0 Å². The van der Waals surface area contributed by atoms with Gasteiger partial charge in [-0.25, -0.2) is 0 Å². The molecule has 0 radical (unpaired) electrons. The van der Waals surface area contributed by atoms with E-state index in [1.807, 2.05) is 0 Å². The Morgan fingerprint density at radius 2 is 1.62 bits per heavy atom. The van der Waals surface area contributed by atoms with Gasteiger partial charge in [-0.1, -0.05) is 43.7 Å². The van der Waals surface area contributed by atoms with Crippen molar-refractivity contribution in [2.75, 3.05) is 0 Å². The van der Waals surface area contributed by atoms with E-state index < -0.39 is 0 Å². The molecule has 1 N–H and O–H groups in total. The Balaban J connectivity index is 2.26. The number of rotatable bonds is 6. The lowest BCUT2D eigenvalue weighted by Gasteiger charge is -2.15. The average molecular weight is 219 g/mol. The van der Waals surface area contributed by atoms with E-state index in [1.165, 1.54) is 24.0 Å². The average Bonchev–Trinajstić information content (AvgIpc) is 2.25. The van der Waals surface area contributed by atoms with Crippen molar-refractivity contribution in [3.8, 4) is 0 Å². The Labute approximate surface area is 100 Å². The van der Waals surface area contributed by atoms with Crippen molar-refractivity contribution in [1.29, 1.82) is 0 Å². The van der Waals surface area contributed by atoms with Gasteiger partial charge in [-0.3, -0.25) is 0 Å². The highest BCUT2D eigenvalue weighted by molar-refractivity contribution is 5.21. The highest BCUT2D eigenvalue weighted by Crippen LogP contribution is 2.08. The van der Waals surface area contributed by atoms with Crippen LogP contribution in [0.3, 0.4) is 0 Å². The fourth-order valence-corrected chi connectivity index (χ4v) is 1.68. The molecule has 1 unspecified atom stereocenters. The van der Waals surface area contributed by atoms with Crippen molar-refractivity contribution >= 4 is 0 Å². The van der Waals surface area contributed by atoms with Gasteiger partial charge in [0.25, 0.3) is 0 Å². The summed E-state index contributed by atoms with van der Waals surface area (Å²) in [7, 11) is 0. The van der Waals surface area contributed by atoms with Crippen LogP contribution in [0.2, 0.25) is 0 Å². The third-order valence-electron chi connectivity index (χ3n) is 2.95. The molecule has 1 heteroatoms. The van der Waals surface area contributed by atoms with Crippen LogP contribution in [0.1, 0.15) is 44.7 Å². The molecule has 1 nitrogen and oxygen atoms in total. The van der Waals surface area contributed by atoms with Gasteiger partial charge in [0, 0.05) is 12.6 Å². The van der Waals surface area contributed by atoms with E-state index in [-0.39, 0.29) is 0 Å². The van der Waals surface area contributed by atoms with E-state index in [1.54, 1.807) is 0 Å². The van der Waals surface area contributed by atoms with Crippen molar-refractivity contribution < 1.29 is 0 Å². The summed E-state index contributed by atoms with van der Waals surface area (Å²) < 4.78 is 0. The fraction of sp³-hybridized carbons (Fsp3) is 0.600. The minimum Gasteiger partial charge on any atom is -0.310 e. The zero-order valence-electron chi connectivity index (χ0n) is 11.1. The lowest BCUT2D eigenvalue weighted by Crippen LogP contribution is -2.25. The Kier molecular flexibility index (Phi) is 5.54. The largest absolute Gasteiger partial charge is 0.310 e. The Hall–Kier alpha value is -0.820. The molecule has 1 atom stereocenters. The first kappa shape index (κ1) is 13.2. The van der Waals surface area contributed by atoms with Crippen LogP contribution in [0.5, 0.6) is 0 Å². The van der Waals surface area contributed by atoms with E-state index >= 15 is 0 Å². The zero-order chi connectivity index (χ0) is 12.0. The van der Waals surface area contributed by atoms with Crippen molar-refractivity contribution in [2.24, 2.45) is 5.92 Å². The van der Waals surface area contributed by atoms with Crippen molar-refractivity contribution in [3.05, 3.63) is 35.4 Å². The summed E-state index contributed by atoms with van der Waals surface area (Å²) in [6.07, 6.45) is 2.57. The van der Waals surface area contributed by atoms with Gasteiger partial charge in [0.15, 0.2) is 0 Å². The summed E-state index contributed by atoms with van der Waals surface area (Å²) in [4.78, 5) is 0. The second kappa shape index (κ2) is 6.70. The third-order valence-corrected chi connectivity index (χ3v) is 2.95. The number of benzene rings is 1. The first-order valence-corrected chi connectivity index (χ1v) is 6.37. The van der Waals surface area contributed by atoms with Crippen LogP contribution in [0.15, 0.2) is 24.3 Å². The van der Waals surface area contributed by atoms with Crippen LogP contribution in [0, 0.1) is 12.8 Å². The summed E-state index contributed by atoms with van der Waals surface area (Å²) in [5.74, 6) is 0.809. The Bertz CT molecular complexity index is 287. The molecule has 1 aromatic carbocycles. The summed E-state index contributed by atoms with van der Waals surface area (Å²) in [6.45, 7) is 9.96. The van der Waals surface area contributed by atoms with Crippen molar-refractivity contribution in [2.45, 2.75) is 53.1 Å². The molecule has 1 aromatic rings. The maximum Gasteiger partial charge on any atom is 0.0207 e. The molecule has 16 heavy (non-hydrogen) atoms. The Morgan fingerprint density at radius 1 is 1.00 bits per heavy atom. The maximum atomic E-state index is 3.57. The smallest absolute Gasteiger partial charge is 0.0207 e. The van der Waals surface area contributed by atoms with E-state index in [4.69, 9.17) is 0 Å². The van der Waals surface area contributed by atoms with Gasteiger partial charge in [-0.15, -0.1) is 0 Å². The van der Waals surface area contributed by atoms with Gasteiger partial charge >= 0.3 is 0 Å². The summed E-state index contributed by atoms with van der Waals surface area (Å²) in [5, 5.41) is 3.57. The molecule has 0 amide bonds. The molecule has 0 heterocycles. The summed E-state index contributed by atoms with van der Waals surface area (Å²) in [6, 6.07) is 9.38. The monoisotopic (exact) mass is 219 g/mol. The predicted octanol–water partition coefficient (Wildman–Crippen LogP) is 3.91. The molecular formula is C15H25N. The van der Waals surface area contributed by atoms with Gasteiger partial charge < -0.3 is 5.32 Å². The molecule has 0 saturated carbocycles. The van der Waals surface area contributed by atoms with Crippen molar-refractivity contribution in [1.82, 2.24) is 5.32 Å². The van der Waals surface area contributed by atoms with E-state index in [0.717, 1.165) is 12.5 Å². The number of hydrogen-bond donors (Lipinski definition) is 1. The van der Waals surface area contributed by atoms with Crippen LogP contribution >= 0.6 is 0 Å². The first-order valence-electron chi connectivity index (χ1n) is 6.37. The van der Waals surface area contributed by atoms with E-state index in [0.29, 0.717) is 6.04 Å². The van der Waals surface area contributed by atoms with Crippen LogP contribution in [0.25, 0.3) is 0 Å². The second-order valence-corrected chi connectivity index (χ2v) is 5.24. The molecule has 0 aliphatic rings. The first-order chi connectivity index (χ1) is 7.58. The third kappa shape index (κ3) is 5.32. The molecule has 0 bridgehead atoms. The summed E-state index contributed by atoms with van der Waals surface area (Å²) >= 11 is 0. The number of aryl methyl sites for hydroxylation is 1. The van der Waals surface area contributed by atoms with Gasteiger partial charge in [-0.05, 0) is 38.2 Å². The topological polar surface area (TPSA) is 12.0 Å². The molecular weight excluding hydrogens is 194 g/mol. The normalized spacial score (nSPS) is 13.1. The number of hydrogen-bond acceptors (Lipinski definition) is 1. The standard InChI is InChI=1S/C15H25N/c1-12(2)5-8-14(4)16-11-15-9-6-13(3)7-10-15/h6-7,9-10,12,14,16H,5,8,11H2,1-4H3. The highest BCUT2D eigenvalue weighted by Gasteiger charge is 2.03. The zero-order valence-corrected chi connectivity index (χ0v) is 11.1. The van der Waals surface area contributed by atoms with Crippen molar-refractivity contribution in [3.63, 3.8) is 0 Å². The summed E-state index contributed by atoms with van der Waals surface area (Å²) in [5.41, 5.74) is 2.71. The molecule has 1 rings (SSSR count). The van der Waals surface area contributed by atoms with Crippen LogP contribution in [-0.2, 0) is 6.54 Å². The highest BCUT2D eigenvalue weighted by atomic mass is 14.9. The maximum absolute atomic E-state index is 3.57. The molecule has 90 valence electrons. The lowest BCUT2D eigenvalue weighted by atomic mass is 10.0. The minimum atomic E-state index is 0.615. The fourth-order valence-electron chi connectivity index (χ4n) is 1.68. The van der Waals surface area contributed by atoms with Crippen LogP contribution in [-0.4, -0.2) is 6.04 Å². The molecule has 0 spiro atoms. The van der Waals surface area contributed by atoms with Crippen LogP contribution < -0.4 is 5.32 Å². The van der Waals surface area contributed by atoms with Gasteiger partial charge in [0.05, 0.1) is 0 Å². The quantitative estimate of drug-likeness (QED) is 0.765. The minimum absolute atomic E-state index is 0.615. The van der Waals surface area contributed by atoms with E-state index in [9.17, 15) is 0 Å². The number of nitrogens with one attached hydrogen (secondary N) is 1. The lowest BCUT2D eigenvalue weighted by molar-refractivity contribution is 0.451. The molecule has 0 fully saturated rings. The Morgan fingerprint density at radius 3 is 2.19 bits per heavy atom. The second-order valence-electron chi connectivity index (χ2n) is 5.24. The van der Waals surface area contributed by atoms with Crippen LogP contribution in [0.4, 0.5) is 0 Å². The predicted molar refractivity (Wildman–Crippen MR) is 71.6 cm³/mol. The van der Waals surface area contributed by atoms with Gasteiger partial charge in [0.1, 0.15) is 0 Å². The van der Waals surface area contributed by atoms with E-state index in [2.05, 4.69) is 57.3 Å². The molecule has 0 aliphatic heterocycles. The molecule has 0 saturated heterocycles. The SMILES string of the molecule is Cc1ccc(CNC(C)CCC(C)C)cc1. The molecule has 0 aliphatic carbocycles. The van der Waals surface area contributed by atoms with Gasteiger partial charge in [0.2, 0.25) is 0 Å².